The maximum absolute atomic E-state index is 12.5. The highest BCUT2D eigenvalue weighted by atomic mass is 35.5. The molecule has 26 heavy (non-hydrogen) atoms. The van der Waals surface area contributed by atoms with Gasteiger partial charge in [-0.1, -0.05) is 30.3 Å². The van der Waals surface area contributed by atoms with Crippen molar-refractivity contribution >= 4 is 35.1 Å². The fourth-order valence-electron chi connectivity index (χ4n) is 3.45. The Bertz CT molecular complexity index is 630. The number of hydrogen-bond donors (Lipinski definition) is 0. The molecule has 1 amide bonds. The van der Waals surface area contributed by atoms with Crippen LogP contribution in [0.5, 0.6) is 0 Å². The lowest BCUT2D eigenvalue weighted by Crippen LogP contribution is -2.48. The molecule has 2 saturated heterocycles. The van der Waals surface area contributed by atoms with Crippen molar-refractivity contribution in [3.63, 3.8) is 0 Å². The molecule has 0 N–H and O–H groups in total. The lowest BCUT2D eigenvalue weighted by molar-refractivity contribution is -0.140. The number of nitrogens with zero attached hydrogens (tertiary/aromatic N) is 4. The number of ether oxygens (including phenoxy) is 1. The van der Waals surface area contributed by atoms with Crippen molar-refractivity contribution < 1.29 is 9.53 Å². The molecular weight excluding hydrogens is 372 g/mol. The summed E-state index contributed by atoms with van der Waals surface area (Å²) in [6.07, 6.45) is 2.47. The van der Waals surface area contributed by atoms with Crippen molar-refractivity contribution in [2.75, 3.05) is 36.8 Å². The van der Waals surface area contributed by atoms with Crippen molar-refractivity contribution in [1.29, 1.82) is 0 Å². The number of amides is 1. The summed E-state index contributed by atoms with van der Waals surface area (Å²) in [5, 5.41) is 0.992. The zero-order valence-corrected chi connectivity index (χ0v) is 17.2. The van der Waals surface area contributed by atoms with E-state index in [9.17, 15) is 4.79 Å². The van der Waals surface area contributed by atoms with Gasteiger partial charge in [0.1, 0.15) is 11.0 Å². The Balaban J connectivity index is 1.60. The molecule has 1 aromatic heterocycles. The summed E-state index contributed by atoms with van der Waals surface area (Å²) in [6, 6.07) is 1.81. The van der Waals surface area contributed by atoms with Crippen molar-refractivity contribution in [3.8, 4) is 0 Å². The van der Waals surface area contributed by atoms with Gasteiger partial charge in [0, 0.05) is 32.2 Å². The minimum atomic E-state index is 0.0724. The first-order valence-corrected chi connectivity index (χ1v) is 10.6. The highest BCUT2D eigenvalue weighted by Gasteiger charge is 2.26. The molecule has 0 spiro atoms. The number of aromatic nitrogens is 2. The molecule has 0 saturated carbocycles. The predicted octanol–water partition coefficient (Wildman–Crippen LogP) is 3.09. The summed E-state index contributed by atoms with van der Waals surface area (Å²) in [6.45, 7) is 9.52. The van der Waals surface area contributed by atoms with Gasteiger partial charge in [0.25, 0.3) is 0 Å². The molecule has 144 valence electrons. The number of hydrogen-bond acceptors (Lipinski definition) is 6. The minimum absolute atomic E-state index is 0.0724. The zero-order valence-electron chi connectivity index (χ0n) is 15.7. The van der Waals surface area contributed by atoms with Gasteiger partial charge < -0.3 is 14.5 Å². The Morgan fingerprint density at radius 3 is 2.54 bits per heavy atom. The van der Waals surface area contributed by atoms with Crippen LogP contribution in [0.3, 0.4) is 0 Å². The van der Waals surface area contributed by atoms with E-state index < -0.39 is 0 Å². The van der Waals surface area contributed by atoms with Gasteiger partial charge in [-0.05, 0) is 32.6 Å². The predicted molar refractivity (Wildman–Crippen MR) is 105 cm³/mol. The number of thioether (sulfide) groups is 1. The highest BCUT2D eigenvalue weighted by molar-refractivity contribution is 7.99. The molecule has 2 fully saturated rings. The van der Waals surface area contributed by atoms with Gasteiger partial charge in [-0.25, -0.2) is 9.97 Å². The quantitative estimate of drug-likeness (QED) is 0.441. The third-order valence-electron chi connectivity index (χ3n) is 4.87. The Hall–Kier alpha value is -1.05. The monoisotopic (exact) mass is 398 g/mol. The van der Waals surface area contributed by atoms with Gasteiger partial charge in [-0.2, -0.15) is 0 Å². The molecule has 0 bridgehead atoms. The average Bonchev–Trinajstić information content (AvgIpc) is 2.59. The summed E-state index contributed by atoms with van der Waals surface area (Å²) < 4.78 is 5.69. The first-order valence-electron chi connectivity index (χ1n) is 9.26. The fourth-order valence-corrected chi connectivity index (χ4v) is 4.43. The molecule has 3 heterocycles. The van der Waals surface area contributed by atoms with Crippen molar-refractivity contribution in [2.24, 2.45) is 5.92 Å². The van der Waals surface area contributed by atoms with Gasteiger partial charge in [0.15, 0.2) is 5.16 Å². The average molecular weight is 399 g/mol. The van der Waals surface area contributed by atoms with Gasteiger partial charge >= 0.3 is 0 Å². The van der Waals surface area contributed by atoms with Crippen LogP contribution in [0.15, 0.2) is 11.2 Å². The molecule has 2 unspecified atom stereocenters. The van der Waals surface area contributed by atoms with Crippen molar-refractivity contribution in [1.82, 2.24) is 14.9 Å². The smallest absolute Gasteiger partial charge is 0.233 e. The van der Waals surface area contributed by atoms with E-state index in [1.807, 2.05) is 24.8 Å². The van der Waals surface area contributed by atoms with E-state index in [0.717, 1.165) is 37.7 Å². The van der Waals surface area contributed by atoms with Crippen LogP contribution in [0.25, 0.3) is 0 Å². The van der Waals surface area contributed by atoms with E-state index in [0.29, 0.717) is 29.2 Å². The molecule has 1 aromatic rings. The number of carbonyl (C=O) groups excluding carboxylic acids is 1. The Morgan fingerprint density at radius 1 is 1.23 bits per heavy atom. The molecule has 2 atom stereocenters. The molecular formula is C18H27ClN4O2S. The van der Waals surface area contributed by atoms with Crippen LogP contribution in [0.4, 0.5) is 5.82 Å². The normalized spacial score (nSPS) is 24.8. The number of halogens is 1. The molecule has 8 heteroatoms. The van der Waals surface area contributed by atoms with Crippen molar-refractivity contribution in [3.05, 3.63) is 11.2 Å². The number of anilines is 1. The lowest BCUT2D eigenvalue weighted by Gasteiger charge is -2.35. The Labute approximate surface area is 164 Å². The highest BCUT2D eigenvalue weighted by Crippen LogP contribution is 2.26. The zero-order chi connectivity index (χ0) is 18.7. The SMILES string of the molecule is CC1CCN(c2cc(Cl)nc(SCC(=O)N3CC(C)OC(C)C3)n2)CC1. The standard InChI is InChI=1S/C18H27ClN4O2S/c1-12-4-6-22(7-5-12)16-8-15(19)20-18(21-16)26-11-17(24)23-9-13(2)25-14(3)10-23/h8,12-14H,4-7,9-11H2,1-3H3. The Kier molecular flexibility index (Phi) is 6.64. The van der Waals surface area contributed by atoms with E-state index in [1.54, 1.807) is 0 Å². The van der Waals surface area contributed by atoms with Gasteiger partial charge in [0.05, 0.1) is 18.0 Å². The number of piperidine rings is 1. The molecule has 2 aliphatic rings. The van der Waals surface area contributed by atoms with Gasteiger partial charge in [-0.3, -0.25) is 4.79 Å². The molecule has 0 aromatic carbocycles. The van der Waals surface area contributed by atoms with Crippen LogP contribution in [0.1, 0.15) is 33.6 Å². The van der Waals surface area contributed by atoms with E-state index >= 15 is 0 Å². The molecule has 2 aliphatic heterocycles. The topological polar surface area (TPSA) is 58.6 Å². The van der Waals surface area contributed by atoms with E-state index in [1.165, 1.54) is 11.8 Å². The molecule has 6 nitrogen and oxygen atoms in total. The van der Waals surface area contributed by atoms with E-state index in [-0.39, 0.29) is 18.1 Å². The number of rotatable bonds is 4. The Morgan fingerprint density at radius 2 is 1.88 bits per heavy atom. The summed E-state index contributed by atoms with van der Waals surface area (Å²) in [5.41, 5.74) is 0. The molecule has 3 rings (SSSR count). The number of carbonyl (C=O) groups is 1. The van der Waals surface area contributed by atoms with E-state index in [4.69, 9.17) is 16.3 Å². The van der Waals surface area contributed by atoms with Crippen LogP contribution < -0.4 is 4.90 Å². The second-order valence-corrected chi connectivity index (χ2v) is 8.68. The van der Waals surface area contributed by atoms with Crippen molar-refractivity contribution in [2.45, 2.75) is 51.0 Å². The fraction of sp³-hybridized carbons (Fsp3) is 0.722. The third-order valence-corrected chi connectivity index (χ3v) is 5.89. The summed E-state index contributed by atoms with van der Waals surface area (Å²) >= 11 is 7.55. The second-order valence-electron chi connectivity index (χ2n) is 7.35. The number of morpholine rings is 1. The second kappa shape index (κ2) is 8.76. The maximum Gasteiger partial charge on any atom is 0.233 e. The minimum Gasteiger partial charge on any atom is -0.372 e. The molecule has 0 radical (unpaired) electrons. The van der Waals surface area contributed by atoms with Crippen LogP contribution >= 0.6 is 23.4 Å². The summed E-state index contributed by atoms with van der Waals surface area (Å²) in [5.74, 6) is 2.03. The lowest BCUT2D eigenvalue weighted by atomic mass is 9.99. The molecule has 0 aliphatic carbocycles. The van der Waals surface area contributed by atoms with Crippen LogP contribution in [0, 0.1) is 5.92 Å². The van der Waals surface area contributed by atoms with Gasteiger partial charge in [-0.15, -0.1) is 0 Å². The maximum atomic E-state index is 12.5. The first kappa shape index (κ1) is 19.7. The third kappa shape index (κ3) is 5.24. The van der Waals surface area contributed by atoms with Crippen LogP contribution in [-0.4, -0.2) is 64.9 Å². The largest absolute Gasteiger partial charge is 0.372 e. The summed E-state index contributed by atoms with van der Waals surface area (Å²) in [7, 11) is 0. The van der Waals surface area contributed by atoms with Gasteiger partial charge in [0.2, 0.25) is 5.91 Å². The first-order chi connectivity index (χ1) is 12.4. The van der Waals surface area contributed by atoms with E-state index in [2.05, 4.69) is 21.8 Å². The van der Waals surface area contributed by atoms with Crippen LogP contribution in [-0.2, 0) is 9.53 Å². The van der Waals surface area contributed by atoms with Crippen LogP contribution in [0.2, 0.25) is 5.15 Å². The summed E-state index contributed by atoms with van der Waals surface area (Å²) in [4.78, 5) is 25.6.